The highest BCUT2D eigenvalue weighted by Crippen LogP contribution is 2.57. The quantitative estimate of drug-likeness (QED) is 0.797. The van der Waals surface area contributed by atoms with Crippen molar-refractivity contribution in [1.82, 2.24) is 15.2 Å². The fraction of sp³-hybridized carbons (Fsp3) is 0.591. The van der Waals surface area contributed by atoms with Crippen molar-refractivity contribution < 1.29 is 13.9 Å². The first kappa shape index (κ1) is 16.6. The number of oxazole rings is 1. The van der Waals surface area contributed by atoms with Crippen LogP contribution in [0, 0.1) is 29.6 Å². The van der Waals surface area contributed by atoms with Crippen molar-refractivity contribution in [3.05, 3.63) is 41.4 Å². The molecule has 4 aliphatic carbocycles. The highest BCUT2D eigenvalue weighted by molar-refractivity contribution is 5.86. The number of aromatic amines is 1. The van der Waals surface area contributed by atoms with Crippen LogP contribution < -0.4 is 0 Å². The largest absolute Gasteiger partial charge is 0.457 e. The third kappa shape index (κ3) is 2.50. The number of hydrogen-bond acceptors (Lipinski definition) is 5. The summed E-state index contributed by atoms with van der Waals surface area (Å²) in [4.78, 5) is 16.3. The van der Waals surface area contributed by atoms with E-state index in [1.165, 1.54) is 56.0 Å². The Morgan fingerprint density at radius 1 is 1.11 bits per heavy atom. The van der Waals surface area contributed by atoms with E-state index in [1.807, 2.05) is 6.20 Å². The molecule has 6 atom stereocenters. The van der Waals surface area contributed by atoms with Gasteiger partial charge in [0.2, 0.25) is 0 Å². The lowest BCUT2D eigenvalue weighted by Crippen LogP contribution is -2.43. The molecular weight excluding hydrogens is 354 g/mol. The molecule has 6 rings (SSSR count). The zero-order valence-electron chi connectivity index (χ0n) is 15.8. The summed E-state index contributed by atoms with van der Waals surface area (Å²) in [6, 6.07) is 0. The van der Waals surface area contributed by atoms with Crippen LogP contribution >= 0.6 is 0 Å². The van der Waals surface area contributed by atoms with Crippen LogP contribution in [0.15, 0.2) is 28.8 Å². The number of fused-ring (bicyclic) bond motifs is 6. The van der Waals surface area contributed by atoms with Gasteiger partial charge in [-0.1, -0.05) is 5.57 Å². The Kier molecular flexibility index (Phi) is 3.74. The van der Waals surface area contributed by atoms with Crippen molar-refractivity contribution in [3.8, 4) is 0 Å². The van der Waals surface area contributed by atoms with Gasteiger partial charge < -0.3 is 9.15 Å². The number of ether oxygens (including phenoxy) is 1. The molecule has 0 bridgehead atoms. The van der Waals surface area contributed by atoms with Crippen LogP contribution in [0.3, 0.4) is 0 Å². The third-order valence-corrected chi connectivity index (χ3v) is 7.93. The fourth-order valence-electron chi connectivity index (χ4n) is 6.78. The van der Waals surface area contributed by atoms with Gasteiger partial charge >= 0.3 is 5.97 Å². The Balaban J connectivity index is 1.19. The molecule has 2 heterocycles. The lowest BCUT2D eigenvalue weighted by atomic mass is 9.56. The average molecular weight is 379 g/mol. The van der Waals surface area contributed by atoms with E-state index >= 15 is 0 Å². The molecule has 0 aromatic carbocycles. The van der Waals surface area contributed by atoms with Crippen molar-refractivity contribution >= 4 is 12.0 Å². The van der Waals surface area contributed by atoms with Crippen LogP contribution in [0.4, 0.5) is 0 Å². The summed E-state index contributed by atoms with van der Waals surface area (Å²) in [5.74, 6) is 3.09. The molecule has 146 valence electrons. The second kappa shape index (κ2) is 6.33. The average Bonchev–Trinajstić information content (AvgIpc) is 3.46. The minimum Gasteiger partial charge on any atom is -0.457 e. The first-order valence-corrected chi connectivity index (χ1v) is 10.6. The molecule has 0 saturated heterocycles. The molecule has 0 aliphatic heterocycles. The van der Waals surface area contributed by atoms with Gasteiger partial charge in [0.25, 0.3) is 0 Å². The molecule has 2 aromatic rings. The number of rotatable bonds is 2. The molecule has 6 unspecified atom stereocenters. The van der Waals surface area contributed by atoms with Crippen LogP contribution in [0.1, 0.15) is 60.3 Å². The summed E-state index contributed by atoms with van der Waals surface area (Å²) in [6.45, 7) is 0. The monoisotopic (exact) mass is 379 g/mol. The number of carbonyl (C=O) groups excluding carboxylic acids is 1. The van der Waals surface area contributed by atoms with E-state index in [9.17, 15) is 4.79 Å². The zero-order chi connectivity index (χ0) is 18.7. The number of esters is 1. The Labute approximate surface area is 163 Å². The fourth-order valence-corrected chi connectivity index (χ4v) is 6.78. The highest BCUT2D eigenvalue weighted by Gasteiger charge is 2.51. The molecular formula is C22H25N3O3. The van der Waals surface area contributed by atoms with Gasteiger partial charge in [0.15, 0.2) is 12.1 Å². The van der Waals surface area contributed by atoms with Crippen LogP contribution in [-0.2, 0) is 11.2 Å². The summed E-state index contributed by atoms with van der Waals surface area (Å²) < 4.78 is 10.8. The minimum atomic E-state index is -0.338. The zero-order valence-corrected chi connectivity index (χ0v) is 15.8. The molecule has 0 amide bonds. The maximum absolute atomic E-state index is 12.3. The van der Waals surface area contributed by atoms with Crippen LogP contribution in [0.2, 0.25) is 0 Å². The standard InChI is InChI=1S/C22H25N3O3/c26-22(20-10-27-11-23-20)28-21-6-5-15-14-2-1-12-8-19-13(9-24-25-19)7-18(12)16(14)3-4-17(15)21/h8-11,14-18,21H,1-7H2,(H,24,25). The number of nitrogens with zero attached hydrogens (tertiary/aromatic N) is 2. The first-order chi connectivity index (χ1) is 13.8. The molecule has 0 radical (unpaired) electrons. The summed E-state index contributed by atoms with van der Waals surface area (Å²) >= 11 is 0. The maximum Gasteiger partial charge on any atom is 0.360 e. The predicted molar refractivity (Wildman–Crippen MR) is 101 cm³/mol. The Hall–Kier alpha value is -2.37. The third-order valence-electron chi connectivity index (χ3n) is 7.93. The SMILES string of the molecule is O=C(OC1CCC2C1CCC1C3Cc4cn[nH]c4C=C3CCC12)c1cocn1. The number of allylic oxidation sites excluding steroid dienone is 1. The van der Waals surface area contributed by atoms with E-state index in [0.717, 1.165) is 24.7 Å². The molecule has 6 heteroatoms. The molecule has 0 spiro atoms. The van der Waals surface area contributed by atoms with E-state index < -0.39 is 0 Å². The van der Waals surface area contributed by atoms with E-state index in [0.29, 0.717) is 17.8 Å². The first-order valence-electron chi connectivity index (χ1n) is 10.6. The minimum absolute atomic E-state index is 0.0407. The maximum atomic E-state index is 12.3. The van der Waals surface area contributed by atoms with Gasteiger partial charge in [-0.2, -0.15) is 5.10 Å². The van der Waals surface area contributed by atoms with Crippen molar-refractivity contribution in [1.29, 1.82) is 0 Å². The molecule has 2 aromatic heterocycles. The van der Waals surface area contributed by atoms with Crippen LogP contribution in [0.25, 0.3) is 6.08 Å². The Bertz CT molecular complexity index is 915. The van der Waals surface area contributed by atoms with Crippen molar-refractivity contribution in [3.63, 3.8) is 0 Å². The van der Waals surface area contributed by atoms with Crippen LogP contribution in [-0.4, -0.2) is 27.3 Å². The number of aromatic nitrogens is 3. The lowest BCUT2D eigenvalue weighted by Gasteiger charge is -2.49. The van der Waals surface area contributed by atoms with Gasteiger partial charge in [-0.05, 0) is 86.2 Å². The number of H-pyrrole nitrogens is 1. The second-order valence-corrected chi connectivity index (χ2v) is 9.01. The molecule has 3 fully saturated rings. The van der Waals surface area contributed by atoms with Crippen LogP contribution in [0.5, 0.6) is 0 Å². The van der Waals surface area contributed by atoms with Crippen molar-refractivity contribution in [2.75, 3.05) is 0 Å². The highest BCUT2D eigenvalue weighted by atomic mass is 16.5. The van der Waals surface area contributed by atoms with Gasteiger partial charge in [-0.3, -0.25) is 5.10 Å². The van der Waals surface area contributed by atoms with Gasteiger partial charge in [0.1, 0.15) is 12.4 Å². The number of nitrogens with one attached hydrogen (secondary N) is 1. The second-order valence-electron chi connectivity index (χ2n) is 9.01. The van der Waals surface area contributed by atoms with E-state index in [-0.39, 0.29) is 17.8 Å². The number of carbonyl (C=O) groups is 1. The van der Waals surface area contributed by atoms with Gasteiger partial charge in [-0.15, -0.1) is 0 Å². The van der Waals surface area contributed by atoms with E-state index in [4.69, 9.17) is 9.15 Å². The number of hydrogen-bond donors (Lipinski definition) is 1. The normalized spacial score (nSPS) is 35.9. The van der Waals surface area contributed by atoms with Crippen molar-refractivity contribution in [2.45, 2.75) is 51.0 Å². The summed E-state index contributed by atoms with van der Waals surface area (Å²) in [5.41, 5.74) is 4.51. The summed E-state index contributed by atoms with van der Waals surface area (Å²) in [6.07, 6.45) is 15.3. The molecule has 1 N–H and O–H groups in total. The predicted octanol–water partition coefficient (Wildman–Crippen LogP) is 4.03. The smallest absolute Gasteiger partial charge is 0.360 e. The topological polar surface area (TPSA) is 81.0 Å². The molecule has 4 aliphatic rings. The molecule has 3 saturated carbocycles. The van der Waals surface area contributed by atoms with E-state index in [2.05, 4.69) is 21.3 Å². The van der Waals surface area contributed by atoms with E-state index in [1.54, 1.807) is 5.57 Å². The van der Waals surface area contributed by atoms with Gasteiger partial charge in [0.05, 0.1) is 11.9 Å². The van der Waals surface area contributed by atoms with Gasteiger partial charge in [-0.25, -0.2) is 9.78 Å². The summed E-state index contributed by atoms with van der Waals surface area (Å²) in [7, 11) is 0. The molecule has 6 nitrogen and oxygen atoms in total. The van der Waals surface area contributed by atoms with Gasteiger partial charge in [0, 0.05) is 0 Å². The van der Waals surface area contributed by atoms with Crippen molar-refractivity contribution in [2.24, 2.45) is 29.6 Å². The Morgan fingerprint density at radius 3 is 2.86 bits per heavy atom. The Morgan fingerprint density at radius 2 is 1.96 bits per heavy atom. The molecule has 28 heavy (non-hydrogen) atoms. The summed E-state index contributed by atoms with van der Waals surface area (Å²) in [5, 5.41) is 7.40. The lowest BCUT2D eigenvalue weighted by molar-refractivity contribution is -0.0113.